The van der Waals surface area contributed by atoms with E-state index in [0.717, 1.165) is 54.5 Å². The molecule has 1 saturated heterocycles. The molecule has 4 rings (SSSR count). The lowest BCUT2D eigenvalue weighted by Crippen LogP contribution is -2.51. The topological polar surface area (TPSA) is 81.2 Å². The number of guanidine groups is 1. The molecule has 9 heteroatoms. The number of piperidine rings is 1. The van der Waals surface area contributed by atoms with Crippen molar-refractivity contribution in [3.8, 4) is 11.4 Å². The molecule has 2 heterocycles. The Labute approximate surface area is 198 Å². The highest BCUT2D eigenvalue weighted by molar-refractivity contribution is 14.0. The summed E-state index contributed by atoms with van der Waals surface area (Å²) in [7, 11) is 1.77. The minimum absolute atomic E-state index is 0. The summed E-state index contributed by atoms with van der Waals surface area (Å²) in [5.74, 6) is 1.30. The fraction of sp³-hybridized carbons (Fsp3) is 0.318. The molecule has 0 bridgehead atoms. The number of aromatic amines is 1. The molecule has 0 spiro atoms. The Morgan fingerprint density at radius 1 is 1.26 bits per heavy atom. The highest BCUT2D eigenvalue weighted by Gasteiger charge is 2.21. The molecule has 0 aliphatic carbocycles. The van der Waals surface area contributed by atoms with E-state index >= 15 is 0 Å². The van der Waals surface area contributed by atoms with Gasteiger partial charge in [-0.25, -0.2) is 9.37 Å². The number of benzene rings is 2. The van der Waals surface area contributed by atoms with E-state index in [2.05, 4.69) is 47.8 Å². The van der Waals surface area contributed by atoms with E-state index in [1.165, 1.54) is 12.4 Å². The second kappa shape index (κ2) is 11.1. The molecule has 1 aliphatic heterocycles. The number of aromatic nitrogens is 3. The summed E-state index contributed by atoms with van der Waals surface area (Å²) < 4.78 is 13.6. The number of hydrogen-bond donors (Lipinski definition) is 3. The predicted octanol–water partition coefficient (Wildman–Crippen LogP) is 3.56. The molecule has 7 nitrogen and oxygen atoms in total. The Morgan fingerprint density at radius 3 is 2.90 bits per heavy atom. The van der Waals surface area contributed by atoms with Crippen molar-refractivity contribution in [1.82, 2.24) is 25.8 Å². The van der Waals surface area contributed by atoms with E-state index in [-0.39, 0.29) is 35.8 Å². The summed E-state index contributed by atoms with van der Waals surface area (Å²) >= 11 is 0. The van der Waals surface area contributed by atoms with Gasteiger partial charge < -0.3 is 15.5 Å². The molecule has 2 aromatic carbocycles. The fourth-order valence-electron chi connectivity index (χ4n) is 3.75. The van der Waals surface area contributed by atoms with Crippen molar-refractivity contribution in [2.75, 3.05) is 25.0 Å². The Kier molecular flexibility index (Phi) is 8.21. The summed E-state index contributed by atoms with van der Waals surface area (Å²) in [4.78, 5) is 10.8. The average Bonchev–Trinajstić information content (AvgIpc) is 3.32. The Hall–Kier alpha value is -2.69. The highest BCUT2D eigenvalue weighted by atomic mass is 127. The smallest absolute Gasteiger partial charge is 0.191 e. The standard InChI is InChI=1S/C22H26FN7.HI/c1-24-22(25-13-16-5-2-6-17(11-16)21-26-15-27-29-21)28-19-8-4-10-30(14-19)20-9-3-7-18(23)12-20;/h2-3,5-7,9,11-12,15,19H,4,8,10,13-14H2,1H3,(H2,24,25,28)(H,26,27,29);1H. The zero-order chi connectivity index (χ0) is 20.8. The van der Waals surface area contributed by atoms with E-state index in [9.17, 15) is 4.39 Å². The first-order valence-electron chi connectivity index (χ1n) is 10.1. The summed E-state index contributed by atoms with van der Waals surface area (Å²) in [5, 5.41) is 13.7. The third-order valence-electron chi connectivity index (χ3n) is 5.23. The largest absolute Gasteiger partial charge is 0.369 e. The SMILES string of the molecule is CN=C(NCc1cccc(-c2ncn[nH]2)c1)NC1CCCN(c2cccc(F)c2)C1.I. The molecule has 31 heavy (non-hydrogen) atoms. The lowest BCUT2D eigenvalue weighted by Gasteiger charge is -2.35. The fourth-order valence-corrected chi connectivity index (χ4v) is 3.75. The Bertz CT molecular complexity index is 993. The van der Waals surface area contributed by atoms with Crippen LogP contribution in [0.2, 0.25) is 0 Å². The van der Waals surface area contributed by atoms with Gasteiger partial charge in [0.05, 0.1) is 0 Å². The van der Waals surface area contributed by atoms with Gasteiger partial charge in [0.25, 0.3) is 0 Å². The van der Waals surface area contributed by atoms with Crippen molar-refractivity contribution in [3.63, 3.8) is 0 Å². The second-order valence-corrected chi connectivity index (χ2v) is 7.37. The molecule has 1 unspecified atom stereocenters. The maximum absolute atomic E-state index is 13.6. The van der Waals surface area contributed by atoms with Gasteiger partial charge in [0.1, 0.15) is 12.1 Å². The third-order valence-corrected chi connectivity index (χ3v) is 5.23. The lowest BCUT2D eigenvalue weighted by molar-refractivity contribution is 0.467. The van der Waals surface area contributed by atoms with Crippen LogP contribution in [0, 0.1) is 5.82 Å². The van der Waals surface area contributed by atoms with E-state index in [0.29, 0.717) is 6.54 Å². The van der Waals surface area contributed by atoms with Crippen LogP contribution in [-0.4, -0.2) is 47.3 Å². The van der Waals surface area contributed by atoms with Crippen LogP contribution in [0.5, 0.6) is 0 Å². The highest BCUT2D eigenvalue weighted by Crippen LogP contribution is 2.21. The molecular weight excluding hydrogens is 508 g/mol. The molecule has 3 aromatic rings. The van der Waals surface area contributed by atoms with Crippen LogP contribution >= 0.6 is 24.0 Å². The van der Waals surface area contributed by atoms with Crippen molar-refractivity contribution < 1.29 is 4.39 Å². The minimum atomic E-state index is -0.201. The van der Waals surface area contributed by atoms with E-state index in [1.807, 2.05) is 18.2 Å². The molecule has 1 fully saturated rings. The van der Waals surface area contributed by atoms with Gasteiger partial charge in [-0.05, 0) is 42.7 Å². The number of hydrogen-bond acceptors (Lipinski definition) is 4. The predicted molar refractivity (Wildman–Crippen MR) is 132 cm³/mol. The zero-order valence-corrected chi connectivity index (χ0v) is 19.7. The van der Waals surface area contributed by atoms with Gasteiger partial charge in [-0.15, -0.1) is 24.0 Å². The molecule has 0 radical (unpaired) electrons. The average molecular weight is 535 g/mol. The summed E-state index contributed by atoms with van der Waals surface area (Å²) in [6.07, 6.45) is 3.60. The number of aliphatic imine (C=N–C) groups is 1. The number of halogens is 2. The van der Waals surface area contributed by atoms with Crippen molar-refractivity contribution >= 4 is 35.6 Å². The Balaban J connectivity index is 0.00000272. The van der Waals surface area contributed by atoms with Gasteiger partial charge >= 0.3 is 0 Å². The van der Waals surface area contributed by atoms with E-state index in [1.54, 1.807) is 19.2 Å². The van der Waals surface area contributed by atoms with Crippen molar-refractivity contribution in [2.24, 2.45) is 4.99 Å². The lowest BCUT2D eigenvalue weighted by atomic mass is 10.0. The van der Waals surface area contributed by atoms with Crippen LogP contribution < -0.4 is 15.5 Å². The molecular formula is C22H27FIN7. The van der Waals surface area contributed by atoms with Gasteiger partial charge in [0.2, 0.25) is 0 Å². The third kappa shape index (κ3) is 6.16. The van der Waals surface area contributed by atoms with Crippen molar-refractivity contribution in [1.29, 1.82) is 0 Å². The molecule has 3 N–H and O–H groups in total. The molecule has 0 saturated carbocycles. The van der Waals surface area contributed by atoms with Gasteiger partial charge in [-0.1, -0.05) is 24.3 Å². The number of H-pyrrole nitrogens is 1. The second-order valence-electron chi connectivity index (χ2n) is 7.37. The van der Waals surface area contributed by atoms with Crippen LogP contribution in [0.3, 0.4) is 0 Å². The van der Waals surface area contributed by atoms with Crippen LogP contribution in [0.25, 0.3) is 11.4 Å². The van der Waals surface area contributed by atoms with Gasteiger partial charge in [-0.2, -0.15) is 5.10 Å². The van der Waals surface area contributed by atoms with Crippen LogP contribution in [0.1, 0.15) is 18.4 Å². The van der Waals surface area contributed by atoms with E-state index in [4.69, 9.17) is 0 Å². The maximum atomic E-state index is 13.6. The van der Waals surface area contributed by atoms with Gasteiger partial charge in [0, 0.05) is 44.0 Å². The summed E-state index contributed by atoms with van der Waals surface area (Å²) in [6.45, 7) is 2.38. The first-order valence-corrected chi connectivity index (χ1v) is 10.1. The minimum Gasteiger partial charge on any atom is -0.369 e. The van der Waals surface area contributed by atoms with Gasteiger partial charge in [0.15, 0.2) is 11.8 Å². The summed E-state index contributed by atoms with van der Waals surface area (Å²) in [5.41, 5.74) is 3.04. The molecule has 1 aliphatic rings. The molecule has 0 amide bonds. The normalized spacial score (nSPS) is 16.5. The van der Waals surface area contributed by atoms with Crippen molar-refractivity contribution in [2.45, 2.75) is 25.4 Å². The number of nitrogens with one attached hydrogen (secondary N) is 3. The Morgan fingerprint density at radius 2 is 2.13 bits per heavy atom. The van der Waals surface area contributed by atoms with E-state index < -0.39 is 0 Å². The first kappa shape index (κ1) is 23.0. The van der Waals surface area contributed by atoms with Crippen LogP contribution in [0.15, 0.2) is 59.9 Å². The van der Waals surface area contributed by atoms with Crippen molar-refractivity contribution in [3.05, 3.63) is 66.2 Å². The van der Waals surface area contributed by atoms with Gasteiger partial charge in [-0.3, -0.25) is 10.1 Å². The molecule has 1 aromatic heterocycles. The quantitative estimate of drug-likeness (QED) is 0.265. The van der Waals surface area contributed by atoms with Crippen LogP contribution in [-0.2, 0) is 6.54 Å². The zero-order valence-electron chi connectivity index (χ0n) is 17.4. The molecule has 164 valence electrons. The number of anilines is 1. The summed E-state index contributed by atoms with van der Waals surface area (Å²) in [6, 6.07) is 15.2. The monoisotopic (exact) mass is 535 g/mol. The van der Waals surface area contributed by atoms with Crippen LogP contribution in [0.4, 0.5) is 10.1 Å². The first-order chi connectivity index (χ1) is 14.7. The number of rotatable bonds is 5. The molecule has 1 atom stereocenters. The number of nitrogens with zero attached hydrogens (tertiary/aromatic N) is 4. The maximum Gasteiger partial charge on any atom is 0.191 e.